The molecule has 2 aliphatic heterocycles. The molecule has 3 aromatic rings. The summed E-state index contributed by atoms with van der Waals surface area (Å²) in [7, 11) is 3.10. The highest BCUT2D eigenvalue weighted by molar-refractivity contribution is 6.05. The summed E-state index contributed by atoms with van der Waals surface area (Å²) in [6.07, 6.45) is 2.59. The van der Waals surface area contributed by atoms with E-state index in [0.29, 0.717) is 42.3 Å². The van der Waals surface area contributed by atoms with E-state index in [0.717, 1.165) is 12.1 Å². The van der Waals surface area contributed by atoms with E-state index < -0.39 is 0 Å². The van der Waals surface area contributed by atoms with Crippen LogP contribution in [0.4, 0.5) is 0 Å². The summed E-state index contributed by atoms with van der Waals surface area (Å²) in [5, 5.41) is 2.84. The average molecular weight is 500 g/mol. The summed E-state index contributed by atoms with van der Waals surface area (Å²) < 4.78 is 12.6. The number of benzene rings is 2. The number of hydrogen-bond acceptors (Lipinski definition) is 5. The number of ether oxygens (including phenoxy) is 2. The number of fused-ring (bicyclic) bond motifs is 4. The van der Waals surface area contributed by atoms with Gasteiger partial charge in [-0.2, -0.15) is 0 Å². The number of piperidine rings is 1. The zero-order chi connectivity index (χ0) is 25.9. The number of nitrogens with zero attached hydrogens (tertiary/aromatic N) is 2. The molecule has 2 aromatic carbocycles. The van der Waals surface area contributed by atoms with Crippen LogP contribution in [0, 0.1) is 5.92 Å². The lowest BCUT2D eigenvalue weighted by Gasteiger charge is -2.43. The Balaban J connectivity index is 1.47. The molecule has 0 radical (unpaired) electrons. The molecule has 0 aliphatic carbocycles. The van der Waals surface area contributed by atoms with Crippen molar-refractivity contribution in [2.75, 3.05) is 27.3 Å². The Morgan fingerprint density at radius 1 is 0.919 bits per heavy atom. The van der Waals surface area contributed by atoms with E-state index >= 15 is 0 Å². The quantitative estimate of drug-likeness (QED) is 0.526. The molecule has 8 nitrogen and oxygen atoms in total. The Bertz CT molecular complexity index is 1410. The molecule has 2 aliphatic rings. The number of amides is 2. The van der Waals surface area contributed by atoms with E-state index in [2.05, 4.69) is 5.32 Å². The molecule has 2 bridgehead atoms. The zero-order valence-corrected chi connectivity index (χ0v) is 20.8. The van der Waals surface area contributed by atoms with Gasteiger partial charge in [-0.15, -0.1) is 0 Å². The summed E-state index contributed by atoms with van der Waals surface area (Å²) in [6.45, 7) is 1.57. The third-order valence-electron chi connectivity index (χ3n) is 7.00. The Morgan fingerprint density at radius 3 is 2.46 bits per heavy atom. The van der Waals surface area contributed by atoms with Gasteiger partial charge in [-0.05, 0) is 54.3 Å². The minimum atomic E-state index is -0.366. The first-order valence-electron chi connectivity index (χ1n) is 12.3. The summed E-state index contributed by atoms with van der Waals surface area (Å²) >= 11 is 0. The van der Waals surface area contributed by atoms with Crippen LogP contribution in [0.15, 0.2) is 77.2 Å². The fourth-order valence-electron chi connectivity index (χ4n) is 5.28. The minimum absolute atomic E-state index is 0.00358. The monoisotopic (exact) mass is 499 g/mol. The molecule has 3 heterocycles. The Kier molecular flexibility index (Phi) is 6.81. The fourth-order valence-corrected chi connectivity index (χ4v) is 5.28. The van der Waals surface area contributed by atoms with Gasteiger partial charge in [-0.3, -0.25) is 14.4 Å². The predicted molar refractivity (Wildman–Crippen MR) is 140 cm³/mol. The molecule has 8 heteroatoms. The van der Waals surface area contributed by atoms with Crippen molar-refractivity contribution in [1.29, 1.82) is 0 Å². The van der Waals surface area contributed by atoms with Gasteiger partial charge in [-0.25, -0.2) is 0 Å². The number of likely N-dealkylation sites (tertiary alicyclic amines) is 1. The molecule has 1 fully saturated rings. The van der Waals surface area contributed by atoms with Gasteiger partial charge < -0.3 is 24.3 Å². The third kappa shape index (κ3) is 5.00. The molecule has 37 heavy (non-hydrogen) atoms. The van der Waals surface area contributed by atoms with E-state index in [1.54, 1.807) is 79.8 Å². The molecular formula is C29H29N3O5. The van der Waals surface area contributed by atoms with E-state index in [4.69, 9.17) is 9.47 Å². The molecule has 2 amide bonds. The maximum Gasteiger partial charge on any atom is 0.270 e. The molecular weight excluding hydrogens is 470 g/mol. The van der Waals surface area contributed by atoms with E-state index in [1.165, 1.54) is 0 Å². The van der Waals surface area contributed by atoms with Crippen LogP contribution in [0.1, 0.15) is 34.0 Å². The number of nitrogens with one attached hydrogen (secondary N) is 1. The summed E-state index contributed by atoms with van der Waals surface area (Å²) in [5.41, 5.74) is 2.27. The average Bonchev–Trinajstić information content (AvgIpc) is 2.93. The first kappa shape index (κ1) is 24.4. The van der Waals surface area contributed by atoms with Crippen LogP contribution in [0.5, 0.6) is 11.5 Å². The number of methoxy groups -OCH3 is 2. The third-order valence-corrected chi connectivity index (χ3v) is 7.00. The molecule has 5 rings (SSSR count). The van der Waals surface area contributed by atoms with Gasteiger partial charge in [0.05, 0.1) is 14.2 Å². The van der Waals surface area contributed by atoms with Crippen molar-refractivity contribution >= 4 is 17.9 Å². The first-order valence-corrected chi connectivity index (χ1v) is 12.3. The second kappa shape index (κ2) is 10.3. The standard InChI is InChI=1S/C29H29N3O5/c1-36-25-12-11-19(15-26(25)37-2)14-23(30-28(34)21-7-4-3-5-8-21)29(35)31-16-20-13-22(18-31)24-9-6-10-27(33)32(24)17-20/h3-12,14-15,20,22H,13,16-18H2,1-2H3,(H,30,34). The maximum absolute atomic E-state index is 13.9. The Morgan fingerprint density at radius 2 is 1.70 bits per heavy atom. The normalized spacial score (nSPS) is 18.5. The van der Waals surface area contributed by atoms with E-state index in [9.17, 15) is 14.4 Å². The van der Waals surface area contributed by atoms with Crippen LogP contribution in [0.2, 0.25) is 0 Å². The summed E-state index contributed by atoms with van der Waals surface area (Å²) in [5.74, 6) is 0.695. The van der Waals surface area contributed by atoms with Gasteiger partial charge in [0.15, 0.2) is 11.5 Å². The summed E-state index contributed by atoms with van der Waals surface area (Å²) in [4.78, 5) is 41.1. The molecule has 1 aromatic heterocycles. The van der Waals surface area contributed by atoms with Gasteiger partial charge in [0.2, 0.25) is 0 Å². The van der Waals surface area contributed by atoms with Crippen molar-refractivity contribution in [2.45, 2.75) is 18.9 Å². The van der Waals surface area contributed by atoms with Crippen LogP contribution >= 0.6 is 0 Å². The predicted octanol–water partition coefficient (Wildman–Crippen LogP) is 3.28. The number of hydrogen-bond donors (Lipinski definition) is 1. The van der Waals surface area contributed by atoms with Crippen LogP contribution in [0.3, 0.4) is 0 Å². The highest BCUT2D eigenvalue weighted by Crippen LogP contribution is 2.35. The smallest absolute Gasteiger partial charge is 0.270 e. The topological polar surface area (TPSA) is 89.9 Å². The largest absolute Gasteiger partial charge is 0.493 e. The van der Waals surface area contributed by atoms with Gasteiger partial charge in [0.25, 0.3) is 17.4 Å². The number of rotatable bonds is 6. The lowest BCUT2D eigenvalue weighted by molar-refractivity contribution is -0.130. The Hall–Kier alpha value is -4.33. The van der Waals surface area contributed by atoms with Crippen molar-refractivity contribution in [3.8, 4) is 11.5 Å². The minimum Gasteiger partial charge on any atom is -0.493 e. The zero-order valence-electron chi connectivity index (χ0n) is 20.8. The molecule has 2 atom stereocenters. The maximum atomic E-state index is 13.9. The van der Waals surface area contributed by atoms with E-state index in [1.807, 2.05) is 16.7 Å². The van der Waals surface area contributed by atoms with Gasteiger partial charge in [-0.1, -0.05) is 30.3 Å². The van der Waals surface area contributed by atoms with Crippen LogP contribution < -0.4 is 20.3 Å². The lowest BCUT2D eigenvalue weighted by Crippen LogP contribution is -2.50. The number of carbonyl (C=O) groups is 2. The van der Waals surface area contributed by atoms with Crippen LogP contribution in [0.25, 0.3) is 6.08 Å². The molecule has 0 spiro atoms. The summed E-state index contributed by atoms with van der Waals surface area (Å²) in [6, 6.07) is 19.4. The molecule has 0 saturated carbocycles. The van der Waals surface area contributed by atoms with Crippen LogP contribution in [-0.2, 0) is 11.3 Å². The van der Waals surface area contributed by atoms with E-state index in [-0.39, 0.29) is 34.9 Å². The number of carbonyl (C=O) groups excluding carboxylic acids is 2. The molecule has 2 unspecified atom stereocenters. The second-order valence-corrected chi connectivity index (χ2v) is 9.40. The van der Waals surface area contributed by atoms with Crippen LogP contribution in [-0.4, -0.2) is 48.6 Å². The van der Waals surface area contributed by atoms with Crippen molar-refractivity contribution in [1.82, 2.24) is 14.8 Å². The fraction of sp³-hybridized carbons (Fsp3) is 0.276. The molecule has 1 N–H and O–H groups in total. The molecule has 190 valence electrons. The van der Waals surface area contributed by atoms with Crippen molar-refractivity contribution in [3.05, 3.63) is 99.6 Å². The van der Waals surface area contributed by atoms with Gasteiger partial charge in [0.1, 0.15) is 5.70 Å². The first-order chi connectivity index (χ1) is 18.0. The number of aromatic nitrogens is 1. The number of pyridine rings is 1. The second-order valence-electron chi connectivity index (χ2n) is 9.40. The highest BCUT2D eigenvalue weighted by atomic mass is 16.5. The lowest BCUT2D eigenvalue weighted by atomic mass is 9.83. The van der Waals surface area contributed by atoms with Crippen molar-refractivity contribution < 1.29 is 19.1 Å². The van der Waals surface area contributed by atoms with Crippen molar-refractivity contribution in [3.63, 3.8) is 0 Å². The van der Waals surface area contributed by atoms with Gasteiger partial charge >= 0.3 is 0 Å². The van der Waals surface area contributed by atoms with Gasteiger partial charge in [0, 0.05) is 42.9 Å². The van der Waals surface area contributed by atoms with Crippen molar-refractivity contribution in [2.24, 2.45) is 5.92 Å². The highest BCUT2D eigenvalue weighted by Gasteiger charge is 2.37. The molecule has 1 saturated heterocycles. The SMILES string of the molecule is COc1ccc(C=C(NC(=O)c2ccccc2)C(=O)N2CC3CC(C2)c2cccc(=O)n2C3)cc1OC. The Labute approximate surface area is 215 Å².